The van der Waals surface area contributed by atoms with Gasteiger partial charge in [-0.05, 0) is 142 Å². The van der Waals surface area contributed by atoms with Crippen LogP contribution in [0.1, 0.15) is 91.1 Å². The fraction of sp³-hybridized carbons (Fsp3) is 0.175. The van der Waals surface area contributed by atoms with Crippen molar-refractivity contribution >= 4 is 34.3 Å². The minimum absolute atomic E-state index is 0.160. The molecule has 1 N–H and O–H groups in total. The van der Waals surface area contributed by atoms with E-state index in [1.54, 1.807) is 0 Å². The smallest absolute Gasteiger partial charge is 0.0541 e. The Hall–Kier alpha value is -7.16. The molecule has 1 unspecified atom stereocenters. The van der Waals surface area contributed by atoms with Gasteiger partial charge in [0.1, 0.15) is 0 Å². The number of aromatic nitrogens is 1. The number of para-hydroxylation sites is 1. The third kappa shape index (κ3) is 8.04. The maximum absolute atomic E-state index is 4.03. The number of nitrogens with zero attached hydrogens (tertiary/aromatic N) is 1. The van der Waals surface area contributed by atoms with E-state index in [1.165, 1.54) is 88.8 Å². The van der Waals surface area contributed by atoms with Crippen molar-refractivity contribution < 1.29 is 0 Å². The summed E-state index contributed by atoms with van der Waals surface area (Å²) in [6.45, 7) is 15.4. The van der Waals surface area contributed by atoms with Crippen LogP contribution in [0.2, 0.25) is 0 Å². The van der Waals surface area contributed by atoms with E-state index in [1.807, 2.05) is 20.0 Å². The third-order valence-corrected chi connectivity index (χ3v) is 13.8. The van der Waals surface area contributed by atoms with Crippen molar-refractivity contribution in [3.05, 3.63) is 233 Å². The van der Waals surface area contributed by atoms with Crippen molar-refractivity contribution in [1.82, 2.24) is 4.57 Å². The highest BCUT2D eigenvalue weighted by Gasteiger charge is 2.34. The highest BCUT2D eigenvalue weighted by Crippen LogP contribution is 2.48. The number of rotatable bonds is 5. The molecule has 7 aromatic carbocycles. The summed E-state index contributed by atoms with van der Waals surface area (Å²) < 4.78 is 2.26. The van der Waals surface area contributed by atoms with Crippen LogP contribution in [0.15, 0.2) is 189 Å². The second-order valence-electron chi connectivity index (χ2n) is 18.0. The number of fused-ring (bicyclic) bond motifs is 10. The maximum atomic E-state index is 4.03. The van der Waals surface area contributed by atoms with Crippen molar-refractivity contribution in [2.24, 2.45) is 0 Å². The maximum Gasteiger partial charge on any atom is 0.0541 e. The van der Waals surface area contributed by atoms with E-state index in [9.17, 15) is 0 Å². The number of hydrogen-bond donors (Lipinski definition) is 1. The van der Waals surface area contributed by atoms with Crippen LogP contribution in [0.25, 0.3) is 67.7 Å². The molecule has 3 aliphatic carbocycles. The Kier molecular flexibility index (Phi) is 12.3. The first-order valence-corrected chi connectivity index (χ1v) is 23.3. The minimum Gasteiger partial charge on any atom is -0.388 e. The quantitative estimate of drug-likeness (QED) is 0.183. The second-order valence-corrected chi connectivity index (χ2v) is 18.0. The largest absolute Gasteiger partial charge is 0.388 e. The minimum atomic E-state index is 0.160. The number of anilines is 1. The molecule has 65 heavy (non-hydrogen) atoms. The van der Waals surface area contributed by atoms with Gasteiger partial charge in [-0.1, -0.05) is 191 Å². The molecule has 322 valence electrons. The molecule has 0 saturated heterocycles. The van der Waals surface area contributed by atoms with Gasteiger partial charge in [0, 0.05) is 34.8 Å². The Labute approximate surface area is 387 Å². The molecule has 0 radical (unpaired) electrons. The lowest BCUT2D eigenvalue weighted by molar-refractivity contribution is 0.660. The van der Waals surface area contributed by atoms with E-state index >= 15 is 0 Å². The number of nitrogens with one attached hydrogen (secondary N) is 1. The summed E-state index contributed by atoms with van der Waals surface area (Å²) in [5.74, 6) is 0.466. The molecule has 1 atom stereocenters. The molecule has 2 heteroatoms. The van der Waals surface area contributed by atoms with Gasteiger partial charge in [-0.2, -0.15) is 0 Å². The first kappa shape index (κ1) is 43.1. The first-order valence-electron chi connectivity index (χ1n) is 23.3. The van der Waals surface area contributed by atoms with Crippen LogP contribution in [0, 0.1) is 6.92 Å². The number of hydrogen-bond acceptors (Lipinski definition) is 1. The molecule has 0 amide bonds. The molecule has 0 saturated carbocycles. The summed E-state index contributed by atoms with van der Waals surface area (Å²) in [5.41, 5.74) is 24.4. The molecule has 0 fully saturated rings. The monoisotopic (exact) mass is 844 g/mol. The molecule has 8 aromatic rings. The van der Waals surface area contributed by atoms with E-state index in [0.29, 0.717) is 5.92 Å². The fourth-order valence-corrected chi connectivity index (χ4v) is 10.6. The van der Waals surface area contributed by atoms with Crippen LogP contribution < -0.4 is 5.32 Å². The van der Waals surface area contributed by atoms with Crippen molar-refractivity contribution in [1.29, 1.82) is 0 Å². The van der Waals surface area contributed by atoms with Gasteiger partial charge in [-0.15, -0.1) is 0 Å². The van der Waals surface area contributed by atoms with E-state index < -0.39 is 0 Å². The SMILES string of the molecule is C=Cc1c(/C=C\C)c2ccccc2n1-c1cccc(NC)c1.CC1(C)c2ccccc2-c2ccccc21.Cc1c2cccc1-c1cccc(C3=CC=CCC3)c1C(C)Cc1ccccc1-2. The van der Waals surface area contributed by atoms with Gasteiger partial charge in [0.05, 0.1) is 11.2 Å². The molecular formula is C63H60N2. The first-order chi connectivity index (χ1) is 31.7. The summed E-state index contributed by atoms with van der Waals surface area (Å²) in [5, 5.41) is 4.44. The van der Waals surface area contributed by atoms with Crippen LogP contribution in [0.5, 0.6) is 0 Å². The average molecular weight is 845 g/mol. The van der Waals surface area contributed by atoms with E-state index in [4.69, 9.17) is 0 Å². The van der Waals surface area contributed by atoms with Crippen LogP contribution in [-0.4, -0.2) is 11.6 Å². The van der Waals surface area contributed by atoms with Crippen molar-refractivity contribution in [3.63, 3.8) is 0 Å². The van der Waals surface area contributed by atoms with E-state index in [0.717, 1.165) is 36.3 Å². The van der Waals surface area contributed by atoms with E-state index in [-0.39, 0.29) is 5.41 Å². The molecule has 11 rings (SSSR count). The van der Waals surface area contributed by atoms with Gasteiger partial charge in [0.15, 0.2) is 0 Å². The topological polar surface area (TPSA) is 17.0 Å². The van der Waals surface area contributed by atoms with Crippen LogP contribution >= 0.6 is 0 Å². The Balaban J connectivity index is 0.000000129. The van der Waals surface area contributed by atoms with Gasteiger partial charge in [-0.25, -0.2) is 0 Å². The van der Waals surface area contributed by atoms with Crippen molar-refractivity contribution in [2.45, 2.75) is 65.2 Å². The molecule has 0 aliphatic heterocycles. The zero-order valence-electron chi connectivity index (χ0n) is 38.8. The normalized spacial score (nSPS) is 15.0. The molecule has 1 heterocycles. The van der Waals surface area contributed by atoms with Crippen LogP contribution in [-0.2, 0) is 11.8 Å². The summed E-state index contributed by atoms with van der Waals surface area (Å²) in [7, 11) is 1.94. The highest BCUT2D eigenvalue weighted by atomic mass is 15.0. The Morgan fingerprint density at radius 2 is 1.28 bits per heavy atom. The van der Waals surface area contributed by atoms with Gasteiger partial charge in [0.25, 0.3) is 0 Å². The molecule has 0 spiro atoms. The zero-order chi connectivity index (χ0) is 45.1. The number of allylic oxidation sites excluding steroid dienone is 5. The lowest BCUT2D eigenvalue weighted by Gasteiger charge is -2.23. The summed E-state index contributed by atoms with van der Waals surface area (Å²) in [6, 6.07) is 57.0. The molecule has 1 aromatic heterocycles. The fourth-order valence-electron chi connectivity index (χ4n) is 10.6. The zero-order valence-corrected chi connectivity index (χ0v) is 38.8. The van der Waals surface area contributed by atoms with Crippen molar-refractivity contribution in [3.8, 4) is 39.1 Å². The third-order valence-electron chi connectivity index (χ3n) is 13.8. The highest BCUT2D eigenvalue weighted by molar-refractivity contribution is 5.95. The average Bonchev–Trinajstić information content (AvgIpc) is 3.80. The lowest BCUT2D eigenvalue weighted by atomic mass is 9.81. The van der Waals surface area contributed by atoms with Crippen molar-refractivity contribution in [2.75, 3.05) is 12.4 Å². The molecular weight excluding hydrogens is 785 g/mol. The Morgan fingerprint density at radius 3 is 1.95 bits per heavy atom. The summed E-state index contributed by atoms with van der Waals surface area (Å²) in [6.07, 6.45) is 16.3. The summed E-state index contributed by atoms with van der Waals surface area (Å²) >= 11 is 0. The molecule has 2 nitrogen and oxygen atoms in total. The molecule has 3 aliphatic rings. The van der Waals surface area contributed by atoms with Crippen LogP contribution in [0.4, 0.5) is 5.69 Å². The molecule has 2 bridgehead atoms. The van der Waals surface area contributed by atoms with Gasteiger partial charge < -0.3 is 9.88 Å². The standard InChI is InChI=1S/C28H26.C20H20N2.C15H14/c1-19-18-22-12-6-7-13-25(22)23-14-8-15-24(20(23)2)27-17-9-16-26(28(19)27)21-10-4-3-5-11-21;1-4-9-17-18-12-6-7-13-20(18)22(19(17)5-2)16-11-8-10-15(14-16)21-3;1-15(2)13-9-5-3-7-11(13)12-8-4-6-10-14(12)15/h3-4,6-10,12-17,19H,5,11,18H2,1-2H3;4-14,21H,2H2,1,3H3;3-10H,1-2H3/b;9-4-;. The van der Waals surface area contributed by atoms with Gasteiger partial charge >= 0.3 is 0 Å². The van der Waals surface area contributed by atoms with E-state index in [2.05, 4.69) is 232 Å². The summed E-state index contributed by atoms with van der Waals surface area (Å²) in [4.78, 5) is 0. The predicted molar refractivity (Wildman–Crippen MR) is 282 cm³/mol. The second kappa shape index (κ2) is 18.5. The van der Waals surface area contributed by atoms with Crippen LogP contribution in [0.3, 0.4) is 0 Å². The lowest BCUT2D eigenvalue weighted by Crippen LogP contribution is -2.14. The van der Waals surface area contributed by atoms with Gasteiger partial charge in [-0.3, -0.25) is 0 Å². The number of benzene rings is 7. The van der Waals surface area contributed by atoms with Gasteiger partial charge in [0.2, 0.25) is 0 Å². The Morgan fingerprint density at radius 1 is 0.677 bits per heavy atom. The Bertz CT molecular complexity index is 3100. The predicted octanol–water partition coefficient (Wildman–Crippen LogP) is 17.1.